The molecule has 0 bridgehead atoms. The molecule has 7 heteroatoms. The van der Waals surface area contributed by atoms with Gasteiger partial charge in [0.05, 0.1) is 0 Å². The number of carbonyl (C=O) groups is 3. The Labute approximate surface area is 348 Å². The SMILES string of the molecule is CCCCCCCCCCCCCCCCCCCCCCCCC(=O)OC(CCCCCCCCCC)CCCCCCCC(=O)NC(CCCN)C(=O)O. The number of rotatable bonds is 46. The van der Waals surface area contributed by atoms with Gasteiger partial charge in [0.15, 0.2) is 0 Å². The molecule has 0 saturated heterocycles. The zero-order chi connectivity index (χ0) is 41.0. The van der Waals surface area contributed by atoms with Crippen LogP contribution in [-0.4, -0.2) is 41.6 Å². The maximum Gasteiger partial charge on any atom is 0.326 e. The van der Waals surface area contributed by atoms with Gasteiger partial charge in [-0.3, -0.25) is 9.59 Å². The third-order valence-electron chi connectivity index (χ3n) is 11.7. The van der Waals surface area contributed by atoms with E-state index in [1.807, 2.05) is 0 Å². The molecule has 7 nitrogen and oxygen atoms in total. The Morgan fingerprint density at radius 1 is 0.446 bits per heavy atom. The zero-order valence-corrected chi connectivity index (χ0v) is 37.5. The second-order valence-corrected chi connectivity index (χ2v) is 17.2. The highest BCUT2D eigenvalue weighted by molar-refractivity contribution is 5.83. The van der Waals surface area contributed by atoms with E-state index in [4.69, 9.17) is 10.5 Å². The van der Waals surface area contributed by atoms with Crippen LogP contribution in [0.1, 0.15) is 277 Å². The molecule has 0 fully saturated rings. The Hall–Kier alpha value is -1.63. The maximum atomic E-state index is 12.8. The predicted molar refractivity (Wildman–Crippen MR) is 239 cm³/mol. The van der Waals surface area contributed by atoms with E-state index in [1.54, 1.807) is 0 Å². The van der Waals surface area contributed by atoms with Crippen LogP contribution < -0.4 is 11.1 Å². The van der Waals surface area contributed by atoms with Crippen molar-refractivity contribution in [1.29, 1.82) is 0 Å². The van der Waals surface area contributed by atoms with Gasteiger partial charge < -0.3 is 20.9 Å². The monoisotopic (exact) mass is 793 g/mol. The van der Waals surface area contributed by atoms with E-state index in [9.17, 15) is 19.5 Å². The molecule has 0 aliphatic heterocycles. The van der Waals surface area contributed by atoms with E-state index in [1.165, 1.54) is 173 Å². The van der Waals surface area contributed by atoms with E-state index in [0.29, 0.717) is 32.2 Å². The molecule has 0 radical (unpaired) electrons. The summed E-state index contributed by atoms with van der Waals surface area (Å²) in [4.78, 5) is 36.4. The fourth-order valence-corrected chi connectivity index (χ4v) is 7.92. The Morgan fingerprint density at radius 2 is 0.768 bits per heavy atom. The minimum atomic E-state index is -1.000. The lowest BCUT2D eigenvalue weighted by Gasteiger charge is -2.18. The first kappa shape index (κ1) is 54.4. The molecular formula is C49H96N2O5. The van der Waals surface area contributed by atoms with Gasteiger partial charge in [0.25, 0.3) is 0 Å². The Morgan fingerprint density at radius 3 is 1.11 bits per heavy atom. The molecule has 2 unspecified atom stereocenters. The zero-order valence-electron chi connectivity index (χ0n) is 37.5. The summed E-state index contributed by atoms with van der Waals surface area (Å²) in [7, 11) is 0. The highest BCUT2D eigenvalue weighted by Gasteiger charge is 2.19. The van der Waals surface area contributed by atoms with Crippen LogP contribution in [0.15, 0.2) is 0 Å². The van der Waals surface area contributed by atoms with Gasteiger partial charge in [-0.15, -0.1) is 0 Å². The summed E-state index contributed by atoms with van der Waals surface area (Å²) in [6, 6.07) is -0.852. The van der Waals surface area contributed by atoms with Gasteiger partial charge >= 0.3 is 11.9 Å². The lowest BCUT2D eigenvalue weighted by Crippen LogP contribution is -2.40. The molecule has 0 spiro atoms. The topological polar surface area (TPSA) is 119 Å². The van der Waals surface area contributed by atoms with Crippen LogP contribution in [-0.2, 0) is 19.1 Å². The van der Waals surface area contributed by atoms with E-state index in [0.717, 1.165) is 64.2 Å². The van der Waals surface area contributed by atoms with Crippen LogP contribution in [0, 0.1) is 0 Å². The molecule has 0 rings (SSSR count). The number of carboxylic acid groups (broad SMARTS) is 1. The third kappa shape index (κ3) is 40.6. The number of esters is 1. The molecule has 2 atom stereocenters. The molecule has 56 heavy (non-hydrogen) atoms. The fourth-order valence-electron chi connectivity index (χ4n) is 7.92. The van der Waals surface area contributed by atoms with Gasteiger partial charge in [-0.1, -0.05) is 213 Å². The minimum Gasteiger partial charge on any atom is -0.480 e. The summed E-state index contributed by atoms with van der Waals surface area (Å²) in [6.45, 7) is 4.97. The number of carboxylic acids is 1. The summed E-state index contributed by atoms with van der Waals surface area (Å²) >= 11 is 0. The Bertz CT molecular complexity index is 852. The number of amides is 1. The van der Waals surface area contributed by atoms with Gasteiger partial charge in [-0.25, -0.2) is 4.79 Å². The molecule has 1 amide bonds. The van der Waals surface area contributed by atoms with Crippen molar-refractivity contribution in [1.82, 2.24) is 5.32 Å². The average molecular weight is 793 g/mol. The number of hydrogen-bond donors (Lipinski definition) is 3. The van der Waals surface area contributed by atoms with Crippen LogP contribution >= 0.6 is 0 Å². The largest absolute Gasteiger partial charge is 0.480 e. The molecular weight excluding hydrogens is 697 g/mol. The van der Waals surface area contributed by atoms with Gasteiger partial charge in [0.1, 0.15) is 12.1 Å². The van der Waals surface area contributed by atoms with Gasteiger partial charge in [0, 0.05) is 12.8 Å². The third-order valence-corrected chi connectivity index (χ3v) is 11.7. The first-order valence-electron chi connectivity index (χ1n) is 24.9. The highest BCUT2D eigenvalue weighted by Crippen LogP contribution is 2.20. The summed E-state index contributed by atoms with van der Waals surface area (Å²) in [5, 5.41) is 11.9. The smallest absolute Gasteiger partial charge is 0.326 e. The number of nitrogens with two attached hydrogens (primary N) is 1. The van der Waals surface area contributed by atoms with E-state index >= 15 is 0 Å². The lowest BCUT2D eigenvalue weighted by atomic mass is 10.0. The van der Waals surface area contributed by atoms with Crippen molar-refractivity contribution in [2.24, 2.45) is 5.73 Å². The maximum absolute atomic E-state index is 12.8. The summed E-state index contributed by atoms with van der Waals surface area (Å²) in [5.74, 6) is -1.21. The lowest BCUT2D eigenvalue weighted by molar-refractivity contribution is -0.150. The number of ether oxygens (including phenoxy) is 1. The minimum absolute atomic E-state index is 0.0140. The summed E-state index contributed by atoms with van der Waals surface area (Å²) in [6.07, 6.45) is 48.9. The highest BCUT2D eigenvalue weighted by atomic mass is 16.5. The van der Waals surface area contributed by atoms with Crippen LogP contribution in [0.25, 0.3) is 0 Å². The number of aliphatic carboxylic acids is 1. The van der Waals surface area contributed by atoms with Gasteiger partial charge in [-0.05, 0) is 57.9 Å². The summed E-state index contributed by atoms with van der Waals surface area (Å²) in [5.41, 5.74) is 5.49. The van der Waals surface area contributed by atoms with Gasteiger partial charge in [0.2, 0.25) is 5.91 Å². The van der Waals surface area contributed by atoms with Crippen molar-refractivity contribution in [3.05, 3.63) is 0 Å². The molecule has 0 heterocycles. The number of unbranched alkanes of at least 4 members (excludes halogenated alkanes) is 32. The second-order valence-electron chi connectivity index (χ2n) is 17.2. The molecule has 332 valence electrons. The van der Waals surface area contributed by atoms with Crippen LogP contribution in [0.2, 0.25) is 0 Å². The molecule has 0 aliphatic rings. The molecule has 4 N–H and O–H groups in total. The van der Waals surface area contributed by atoms with Gasteiger partial charge in [-0.2, -0.15) is 0 Å². The standard InChI is InChI=1S/C49H96N2O5/c1-3-5-7-9-11-13-14-15-16-17-18-19-20-21-22-23-24-25-26-28-33-37-43-48(53)56-45(39-34-30-27-12-10-8-6-4-2)40-35-31-29-32-36-42-47(52)51-46(49(54)55)41-38-44-50/h45-46H,3-44,50H2,1-2H3,(H,51,52)(H,54,55). The molecule has 0 aromatic carbocycles. The van der Waals surface area contributed by atoms with E-state index in [2.05, 4.69) is 19.2 Å². The van der Waals surface area contributed by atoms with Crippen molar-refractivity contribution in [3.8, 4) is 0 Å². The number of hydrogen-bond acceptors (Lipinski definition) is 5. The molecule has 0 aromatic rings. The van der Waals surface area contributed by atoms with Crippen molar-refractivity contribution in [3.63, 3.8) is 0 Å². The van der Waals surface area contributed by atoms with Crippen molar-refractivity contribution < 1.29 is 24.2 Å². The predicted octanol–water partition coefficient (Wildman–Crippen LogP) is 14.5. The van der Waals surface area contributed by atoms with Crippen LogP contribution in [0.4, 0.5) is 0 Å². The van der Waals surface area contributed by atoms with Crippen LogP contribution in [0.3, 0.4) is 0 Å². The van der Waals surface area contributed by atoms with Crippen LogP contribution in [0.5, 0.6) is 0 Å². The fraction of sp³-hybridized carbons (Fsp3) is 0.939. The van der Waals surface area contributed by atoms with Crippen molar-refractivity contribution >= 4 is 17.8 Å². The van der Waals surface area contributed by atoms with Crippen molar-refractivity contribution in [2.75, 3.05) is 6.54 Å². The molecule has 0 aliphatic carbocycles. The molecule has 0 aromatic heterocycles. The number of nitrogens with one attached hydrogen (secondary N) is 1. The normalized spacial score (nSPS) is 12.5. The Balaban J connectivity index is 4.01. The first-order chi connectivity index (χ1) is 27.4. The second kappa shape index (κ2) is 44.5. The van der Waals surface area contributed by atoms with E-state index in [-0.39, 0.29) is 18.0 Å². The Kier molecular flexibility index (Phi) is 43.2. The summed E-state index contributed by atoms with van der Waals surface area (Å²) < 4.78 is 6.05. The van der Waals surface area contributed by atoms with E-state index < -0.39 is 12.0 Å². The first-order valence-corrected chi connectivity index (χ1v) is 24.9. The number of carbonyl (C=O) groups excluding carboxylic acids is 2. The molecule has 0 saturated carbocycles. The van der Waals surface area contributed by atoms with Crippen molar-refractivity contribution in [2.45, 2.75) is 289 Å². The average Bonchev–Trinajstić information content (AvgIpc) is 3.18. The quantitative estimate of drug-likeness (QED) is 0.0417.